The van der Waals surface area contributed by atoms with Crippen molar-refractivity contribution in [3.63, 3.8) is 0 Å². The minimum Gasteiger partial charge on any atom is -0.389 e. The first kappa shape index (κ1) is 23.5. The molecule has 1 heterocycles. The molecule has 26 heavy (non-hydrogen) atoms. The van der Waals surface area contributed by atoms with Gasteiger partial charge in [0.15, 0.2) is 0 Å². The zero-order valence-corrected chi connectivity index (χ0v) is 16.7. The molecule has 6 heteroatoms. The maximum absolute atomic E-state index is 10.1. The minimum absolute atomic E-state index is 0.405. The van der Waals surface area contributed by atoms with Crippen LogP contribution in [0.5, 0.6) is 0 Å². The van der Waals surface area contributed by atoms with Gasteiger partial charge in [-0.05, 0) is 25.7 Å². The van der Waals surface area contributed by atoms with Crippen LogP contribution in [-0.4, -0.2) is 97.9 Å². The van der Waals surface area contributed by atoms with Crippen LogP contribution in [-0.2, 0) is 9.47 Å². The van der Waals surface area contributed by atoms with E-state index in [2.05, 4.69) is 23.3 Å². The molecule has 0 aromatic heterocycles. The van der Waals surface area contributed by atoms with E-state index < -0.39 is 12.2 Å². The molecule has 0 saturated carbocycles. The van der Waals surface area contributed by atoms with Crippen LogP contribution in [0.1, 0.15) is 39.0 Å². The molecule has 154 valence electrons. The normalized spacial score (nSPS) is 18.7. The number of allylic oxidation sites excluding steroid dienone is 1. The van der Waals surface area contributed by atoms with Crippen molar-refractivity contribution < 1.29 is 19.7 Å². The van der Waals surface area contributed by atoms with Gasteiger partial charge in [0.2, 0.25) is 0 Å². The van der Waals surface area contributed by atoms with E-state index in [0.717, 1.165) is 64.9 Å². The fourth-order valence-corrected chi connectivity index (χ4v) is 3.03. The van der Waals surface area contributed by atoms with Crippen molar-refractivity contribution in [2.24, 2.45) is 0 Å². The molecule has 6 nitrogen and oxygen atoms in total. The molecule has 2 atom stereocenters. The Hall–Kier alpha value is -0.500. The van der Waals surface area contributed by atoms with Gasteiger partial charge in [-0.1, -0.05) is 19.4 Å². The minimum atomic E-state index is -0.432. The average Bonchev–Trinajstić information content (AvgIpc) is 2.63. The monoisotopic (exact) mass is 372 g/mol. The van der Waals surface area contributed by atoms with Gasteiger partial charge in [-0.2, -0.15) is 0 Å². The standard InChI is InChI=1S/C20H40N2O4/c1-3-5-7-8-14-26-18-20(24)16-22-11-9-21(10-12-22)15-19(23)17-25-13-6-4-2/h3,19-20,23-24H,1,4-18H2,2H3. The largest absolute Gasteiger partial charge is 0.389 e. The van der Waals surface area contributed by atoms with Crippen molar-refractivity contribution in [1.82, 2.24) is 9.80 Å². The number of hydrogen-bond acceptors (Lipinski definition) is 6. The van der Waals surface area contributed by atoms with Gasteiger partial charge in [-0.15, -0.1) is 6.58 Å². The van der Waals surface area contributed by atoms with Crippen LogP contribution in [0.3, 0.4) is 0 Å². The highest BCUT2D eigenvalue weighted by Crippen LogP contribution is 2.05. The van der Waals surface area contributed by atoms with E-state index in [1.807, 2.05) is 6.08 Å². The number of unbranched alkanes of at least 4 members (excludes halogenated alkanes) is 3. The predicted molar refractivity (Wildman–Crippen MR) is 105 cm³/mol. The Morgan fingerprint density at radius 3 is 1.85 bits per heavy atom. The smallest absolute Gasteiger partial charge is 0.0900 e. The first-order valence-corrected chi connectivity index (χ1v) is 10.2. The summed E-state index contributed by atoms with van der Waals surface area (Å²) in [7, 11) is 0. The van der Waals surface area contributed by atoms with Gasteiger partial charge in [-0.3, -0.25) is 9.80 Å². The number of aliphatic hydroxyl groups is 2. The van der Waals surface area contributed by atoms with Crippen molar-refractivity contribution >= 4 is 0 Å². The summed E-state index contributed by atoms with van der Waals surface area (Å²) in [6.45, 7) is 13.1. The highest BCUT2D eigenvalue weighted by atomic mass is 16.5. The third kappa shape index (κ3) is 12.0. The Morgan fingerprint density at radius 2 is 1.38 bits per heavy atom. The molecule has 2 N–H and O–H groups in total. The molecule has 0 aliphatic carbocycles. The van der Waals surface area contributed by atoms with E-state index in [0.29, 0.717) is 32.9 Å². The maximum atomic E-state index is 10.1. The fourth-order valence-electron chi connectivity index (χ4n) is 3.03. The highest BCUT2D eigenvalue weighted by Gasteiger charge is 2.21. The van der Waals surface area contributed by atoms with Crippen LogP contribution in [0.4, 0.5) is 0 Å². The Bertz CT molecular complexity index is 336. The van der Waals surface area contributed by atoms with Gasteiger partial charge in [0.25, 0.3) is 0 Å². The predicted octanol–water partition coefficient (Wildman–Crippen LogP) is 1.52. The molecule has 1 rings (SSSR count). The second-order valence-electron chi connectivity index (χ2n) is 7.20. The quantitative estimate of drug-likeness (QED) is 0.316. The SMILES string of the molecule is C=CCCCCOCC(O)CN1CCN(CC(O)COCCCC)CC1. The number of aliphatic hydroxyl groups excluding tert-OH is 2. The molecular formula is C20H40N2O4. The van der Waals surface area contributed by atoms with Crippen LogP contribution in [0, 0.1) is 0 Å². The molecule has 0 bridgehead atoms. The van der Waals surface area contributed by atoms with Crippen molar-refractivity contribution in [3.8, 4) is 0 Å². The molecule has 0 spiro atoms. The van der Waals surface area contributed by atoms with Crippen LogP contribution in [0.2, 0.25) is 0 Å². The number of nitrogens with zero attached hydrogens (tertiary/aromatic N) is 2. The molecule has 1 aliphatic heterocycles. The van der Waals surface area contributed by atoms with Gasteiger partial charge < -0.3 is 19.7 Å². The van der Waals surface area contributed by atoms with Crippen molar-refractivity contribution in [2.75, 3.05) is 65.7 Å². The molecule has 0 aromatic carbocycles. The third-order valence-electron chi connectivity index (χ3n) is 4.61. The van der Waals surface area contributed by atoms with E-state index in [9.17, 15) is 10.2 Å². The fraction of sp³-hybridized carbons (Fsp3) is 0.900. The summed E-state index contributed by atoms with van der Waals surface area (Å²) in [6, 6.07) is 0. The maximum Gasteiger partial charge on any atom is 0.0900 e. The van der Waals surface area contributed by atoms with Crippen molar-refractivity contribution in [2.45, 2.75) is 51.2 Å². The summed E-state index contributed by atoms with van der Waals surface area (Å²) in [5, 5.41) is 20.1. The van der Waals surface area contributed by atoms with Crippen LogP contribution < -0.4 is 0 Å². The van der Waals surface area contributed by atoms with Crippen molar-refractivity contribution in [1.29, 1.82) is 0 Å². The Labute approximate surface area is 159 Å². The summed E-state index contributed by atoms with van der Waals surface area (Å²) >= 11 is 0. The lowest BCUT2D eigenvalue weighted by Crippen LogP contribution is -2.51. The first-order chi connectivity index (χ1) is 12.7. The Kier molecular flexibility index (Phi) is 14.1. The zero-order valence-electron chi connectivity index (χ0n) is 16.7. The number of piperazine rings is 1. The van der Waals surface area contributed by atoms with E-state index in [1.54, 1.807) is 0 Å². The first-order valence-electron chi connectivity index (χ1n) is 10.2. The second-order valence-corrected chi connectivity index (χ2v) is 7.20. The van der Waals surface area contributed by atoms with E-state index >= 15 is 0 Å². The topological polar surface area (TPSA) is 65.4 Å². The molecule has 1 saturated heterocycles. The number of rotatable bonds is 16. The summed E-state index contributed by atoms with van der Waals surface area (Å²) in [4.78, 5) is 4.54. The molecular weight excluding hydrogens is 332 g/mol. The third-order valence-corrected chi connectivity index (χ3v) is 4.61. The lowest BCUT2D eigenvalue weighted by Gasteiger charge is -2.36. The van der Waals surface area contributed by atoms with E-state index in [-0.39, 0.29) is 0 Å². The van der Waals surface area contributed by atoms with Gasteiger partial charge in [-0.25, -0.2) is 0 Å². The molecule has 2 unspecified atom stereocenters. The van der Waals surface area contributed by atoms with Crippen LogP contribution >= 0.6 is 0 Å². The van der Waals surface area contributed by atoms with Gasteiger partial charge in [0, 0.05) is 52.5 Å². The zero-order chi connectivity index (χ0) is 19.0. The molecule has 1 fully saturated rings. The molecule has 1 aliphatic rings. The van der Waals surface area contributed by atoms with Crippen LogP contribution in [0.15, 0.2) is 12.7 Å². The Balaban J connectivity index is 2.03. The van der Waals surface area contributed by atoms with Gasteiger partial charge >= 0.3 is 0 Å². The highest BCUT2D eigenvalue weighted by molar-refractivity contribution is 4.76. The van der Waals surface area contributed by atoms with E-state index in [4.69, 9.17) is 9.47 Å². The summed E-state index contributed by atoms with van der Waals surface area (Å²) < 4.78 is 11.0. The average molecular weight is 373 g/mol. The molecule has 0 radical (unpaired) electrons. The van der Waals surface area contributed by atoms with E-state index in [1.165, 1.54) is 0 Å². The van der Waals surface area contributed by atoms with Gasteiger partial charge in [0.05, 0.1) is 25.4 Å². The summed E-state index contributed by atoms with van der Waals surface area (Å²) in [5.41, 5.74) is 0. The second kappa shape index (κ2) is 15.5. The number of β-amino-alcohol motifs (C(OH)–C–C–N with tert-alkyl or cyclic N) is 2. The van der Waals surface area contributed by atoms with Gasteiger partial charge in [0.1, 0.15) is 0 Å². The van der Waals surface area contributed by atoms with Crippen molar-refractivity contribution in [3.05, 3.63) is 12.7 Å². The lowest BCUT2D eigenvalue weighted by atomic mass is 10.2. The summed E-state index contributed by atoms with van der Waals surface area (Å²) in [6.07, 6.45) is 6.37. The lowest BCUT2D eigenvalue weighted by molar-refractivity contribution is -0.00924. The molecule has 0 amide bonds. The summed E-state index contributed by atoms with van der Waals surface area (Å²) in [5.74, 6) is 0. The number of ether oxygens (including phenoxy) is 2. The molecule has 0 aromatic rings. The van der Waals surface area contributed by atoms with Crippen LogP contribution in [0.25, 0.3) is 0 Å². The Morgan fingerprint density at radius 1 is 0.885 bits per heavy atom. The number of hydrogen-bond donors (Lipinski definition) is 2.